The van der Waals surface area contributed by atoms with Gasteiger partial charge in [-0.2, -0.15) is 0 Å². The van der Waals surface area contributed by atoms with Crippen LogP contribution in [0.5, 0.6) is 0 Å². The van der Waals surface area contributed by atoms with Gasteiger partial charge in [0.25, 0.3) is 0 Å². The third-order valence-corrected chi connectivity index (χ3v) is 14.3. The normalized spacial score (nSPS) is 19.6. The van der Waals surface area contributed by atoms with E-state index in [1.807, 2.05) is 6.08 Å². The SMILES string of the molecule is CC/C=C/C/C=C/C/C=C/CCCCCCC(=O)OC1C(OCC(NC(=O)C(O)CCCCCCCCCCC/C=C\C/C=C\C/C=C\CCCCC)C(O)/C=C/CCCCCCCCCCCC)OC(CO)C(O)C1O. The Hall–Kier alpha value is -3.16. The highest BCUT2D eigenvalue weighted by molar-refractivity contribution is 5.80. The van der Waals surface area contributed by atoms with E-state index in [-0.39, 0.29) is 19.4 Å². The number of nitrogens with one attached hydrogen (secondary N) is 1. The quantitative estimate of drug-likeness (QED) is 0.0195. The summed E-state index contributed by atoms with van der Waals surface area (Å²) in [4.78, 5) is 26.5. The molecule has 1 aliphatic rings. The molecule has 444 valence electrons. The van der Waals surface area contributed by atoms with Crippen LogP contribution in [-0.4, -0.2) is 99.6 Å². The Morgan fingerprint density at radius 2 is 0.935 bits per heavy atom. The van der Waals surface area contributed by atoms with E-state index >= 15 is 0 Å². The molecule has 11 nitrogen and oxygen atoms in total. The second-order valence-corrected chi connectivity index (χ2v) is 21.4. The van der Waals surface area contributed by atoms with Crippen LogP contribution in [0.2, 0.25) is 0 Å². The summed E-state index contributed by atoms with van der Waals surface area (Å²) in [6, 6.07) is -1.03. The van der Waals surface area contributed by atoms with Crippen molar-refractivity contribution >= 4 is 11.9 Å². The van der Waals surface area contributed by atoms with E-state index < -0.39 is 67.4 Å². The number of aliphatic hydroxyl groups is 5. The zero-order valence-corrected chi connectivity index (χ0v) is 49.1. The van der Waals surface area contributed by atoms with E-state index in [1.165, 1.54) is 109 Å². The smallest absolute Gasteiger partial charge is 0.306 e. The Labute approximate surface area is 470 Å². The number of hydrogen-bond donors (Lipinski definition) is 6. The molecule has 0 aromatic carbocycles. The van der Waals surface area contributed by atoms with Crippen LogP contribution in [0.1, 0.15) is 258 Å². The highest BCUT2D eigenvalue weighted by Crippen LogP contribution is 2.26. The minimum Gasteiger partial charge on any atom is -0.454 e. The number of rotatable bonds is 52. The van der Waals surface area contributed by atoms with Gasteiger partial charge >= 0.3 is 5.97 Å². The fourth-order valence-corrected chi connectivity index (χ4v) is 9.32. The van der Waals surface area contributed by atoms with Gasteiger partial charge in [-0.05, 0) is 96.3 Å². The van der Waals surface area contributed by atoms with Crippen molar-refractivity contribution in [3.8, 4) is 0 Å². The zero-order chi connectivity index (χ0) is 56.1. The number of carbonyl (C=O) groups excluding carboxylic acids is 2. The summed E-state index contributed by atoms with van der Waals surface area (Å²) in [5, 5.41) is 57.0. The number of allylic oxidation sites excluding steroid dienone is 13. The third kappa shape index (κ3) is 41.5. The van der Waals surface area contributed by atoms with Crippen molar-refractivity contribution in [2.45, 2.75) is 307 Å². The van der Waals surface area contributed by atoms with Crippen LogP contribution in [0.25, 0.3) is 0 Å². The van der Waals surface area contributed by atoms with Gasteiger partial charge in [-0.25, -0.2) is 0 Å². The molecule has 1 aliphatic heterocycles. The minimum absolute atomic E-state index is 0.0941. The summed E-state index contributed by atoms with van der Waals surface area (Å²) in [5.41, 5.74) is 0. The van der Waals surface area contributed by atoms with Crippen molar-refractivity contribution in [3.63, 3.8) is 0 Å². The monoisotopic (exact) mass is 1080 g/mol. The highest BCUT2D eigenvalue weighted by Gasteiger charge is 2.47. The molecular weight excluding hydrogens is 967 g/mol. The molecule has 1 saturated heterocycles. The molecule has 8 unspecified atom stereocenters. The highest BCUT2D eigenvalue weighted by atomic mass is 16.7. The van der Waals surface area contributed by atoms with Gasteiger partial charge in [-0.15, -0.1) is 0 Å². The van der Waals surface area contributed by atoms with Crippen molar-refractivity contribution < 1.29 is 49.3 Å². The Bertz CT molecular complexity index is 1570. The third-order valence-electron chi connectivity index (χ3n) is 14.3. The molecule has 0 aromatic heterocycles. The summed E-state index contributed by atoms with van der Waals surface area (Å²) in [7, 11) is 0. The van der Waals surface area contributed by atoms with Crippen molar-refractivity contribution in [1.29, 1.82) is 0 Å². The molecule has 8 atom stereocenters. The molecule has 6 N–H and O–H groups in total. The first-order chi connectivity index (χ1) is 37.7. The second kappa shape index (κ2) is 53.5. The number of unbranched alkanes of at least 4 members (excludes halogenated alkanes) is 26. The molecule has 0 aromatic rings. The lowest BCUT2D eigenvalue weighted by atomic mass is 9.99. The fourth-order valence-electron chi connectivity index (χ4n) is 9.32. The molecule has 11 heteroatoms. The Balaban J connectivity index is 2.67. The average molecular weight is 1080 g/mol. The summed E-state index contributed by atoms with van der Waals surface area (Å²) in [6.07, 6.45) is 59.1. The minimum atomic E-state index is -1.63. The molecule has 1 amide bonds. The predicted molar refractivity (Wildman–Crippen MR) is 319 cm³/mol. The molecule has 0 aliphatic carbocycles. The van der Waals surface area contributed by atoms with Gasteiger partial charge in [-0.1, -0.05) is 241 Å². The number of esters is 1. The van der Waals surface area contributed by atoms with E-state index in [4.69, 9.17) is 14.2 Å². The van der Waals surface area contributed by atoms with Crippen LogP contribution in [0.3, 0.4) is 0 Å². The van der Waals surface area contributed by atoms with Gasteiger partial charge in [0.05, 0.1) is 25.4 Å². The number of amides is 1. The van der Waals surface area contributed by atoms with Gasteiger partial charge in [-0.3, -0.25) is 9.59 Å². The maximum Gasteiger partial charge on any atom is 0.306 e. The molecule has 1 rings (SSSR count). The van der Waals surface area contributed by atoms with Gasteiger partial charge in [0.15, 0.2) is 12.4 Å². The predicted octanol–water partition coefficient (Wildman–Crippen LogP) is 14.9. The van der Waals surface area contributed by atoms with Crippen LogP contribution in [0.15, 0.2) is 85.1 Å². The number of hydrogen-bond acceptors (Lipinski definition) is 10. The molecule has 77 heavy (non-hydrogen) atoms. The second-order valence-electron chi connectivity index (χ2n) is 21.4. The van der Waals surface area contributed by atoms with Crippen LogP contribution in [-0.2, 0) is 23.8 Å². The topological polar surface area (TPSA) is 175 Å². The molecule has 0 bridgehead atoms. The number of ether oxygens (including phenoxy) is 3. The summed E-state index contributed by atoms with van der Waals surface area (Å²) in [6.45, 7) is 5.63. The van der Waals surface area contributed by atoms with Crippen molar-refractivity contribution in [3.05, 3.63) is 85.1 Å². The van der Waals surface area contributed by atoms with E-state index in [1.54, 1.807) is 6.08 Å². The molecular formula is C66H115NO10. The van der Waals surface area contributed by atoms with Crippen LogP contribution in [0.4, 0.5) is 0 Å². The first-order valence-electron chi connectivity index (χ1n) is 31.4. The Morgan fingerprint density at radius 1 is 0.519 bits per heavy atom. The van der Waals surface area contributed by atoms with Crippen LogP contribution >= 0.6 is 0 Å². The molecule has 0 saturated carbocycles. The summed E-state index contributed by atoms with van der Waals surface area (Å²) in [5.74, 6) is -1.22. The fraction of sp³-hybridized carbons (Fsp3) is 0.758. The van der Waals surface area contributed by atoms with Crippen molar-refractivity contribution in [1.82, 2.24) is 5.32 Å². The number of carbonyl (C=O) groups is 2. The first-order valence-corrected chi connectivity index (χ1v) is 31.4. The molecule has 1 heterocycles. The molecule has 0 radical (unpaired) electrons. The van der Waals surface area contributed by atoms with Gasteiger partial charge < -0.3 is 45.1 Å². The first kappa shape index (κ1) is 71.9. The lowest BCUT2D eigenvalue weighted by Crippen LogP contribution is -2.61. The van der Waals surface area contributed by atoms with Crippen LogP contribution in [0, 0.1) is 0 Å². The number of aliphatic hydroxyl groups excluding tert-OH is 5. The van der Waals surface area contributed by atoms with Crippen molar-refractivity contribution in [2.75, 3.05) is 13.2 Å². The Kier molecular flexibility index (Phi) is 49.9. The van der Waals surface area contributed by atoms with Crippen LogP contribution < -0.4 is 5.32 Å². The maximum absolute atomic E-state index is 13.4. The lowest BCUT2D eigenvalue weighted by molar-refractivity contribution is -0.305. The lowest BCUT2D eigenvalue weighted by Gasteiger charge is -2.41. The van der Waals surface area contributed by atoms with E-state index in [9.17, 15) is 35.1 Å². The van der Waals surface area contributed by atoms with Gasteiger partial charge in [0, 0.05) is 6.42 Å². The van der Waals surface area contributed by atoms with Crippen molar-refractivity contribution in [2.24, 2.45) is 0 Å². The van der Waals surface area contributed by atoms with Gasteiger partial charge in [0.2, 0.25) is 5.91 Å². The largest absolute Gasteiger partial charge is 0.454 e. The van der Waals surface area contributed by atoms with E-state index in [2.05, 4.69) is 99.0 Å². The summed E-state index contributed by atoms with van der Waals surface area (Å²) < 4.78 is 17.6. The standard InChI is InChI=1S/C66H115NO10/c1-4-7-10-13-16-19-22-25-27-28-29-30-31-32-33-34-35-38-41-44-47-50-53-59(70)65(74)67-57(58(69)52-49-46-43-40-37-24-21-18-15-12-9-6-3)56-75-66-64(63(73)62(72)60(55-68)76-66)77-61(71)54-51-48-45-42-39-36-26-23-20-17-14-11-8-5-2/h8,11,16-17,19-20,25-27,29-30,36,49,52,57-60,62-64,66,68-70,72-73H,4-7,9-10,12-15,18,21-24,28,31-35,37-48,50-51,53-56H2,1-3H3,(H,67,74)/b11-8+,19-16-,20-17+,27-25-,30-29-,36-26+,52-49+. The van der Waals surface area contributed by atoms with E-state index in [0.29, 0.717) is 12.8 Å². The average Bonchev–Trinajstić information content (AvgIpc) is 3.43. The Morgan fingerprint density at radius 3 is 1.43 bits per heavy atom. The van der Waals surface area contributed by atoms with E-state index in [0.717, 1.165) is 103 Å². The maximum atomic E-state index is 13.4. The molecule has 0 spiro atoms. The summed E-state index contributed by atoms with van der Waals surface area (Å²) >= 11 is 0. The molecule has 1 fully saturated rings. The zero-order valence-electron chi connectivity index (χ0n) is 49.1. The van der Waals surface area contributed by atoms with Gasteiger partial charge in [0.1, 0.15) is 24.4 Å².